The molecule has 14 heavy (non-hydrogen) atoms. The highest BCUT2D eigenvalue weighted by Crippen LogP contribution is 2.37. The highest BCUT2D eigenvalue weighted by molar-refractivity contribution is 6.03. The van der Waals surface area contributed by atoms with Crippen LogP contribution in [0.5, 0.6) is 0 Å². The van der Waals surface area contributed by atoms with Gasteiger partial charge < -0.3 is 5.32 Å². The van der Waals surface area contributed by atoms with E-state index in [0.29, 0.717) is 5.92 Å². The molecule has 1 unspecified atom stereocenters. The number of carbonyl (C=O) groups is 1. The summed E-state index contributed by atoms with van der Waals surface area (Å²) in [6.45, 7) is 6.20. The molecular weight excluding hydrogens is 174 g/mol. The molecular formula is C12H15NO. The summed E-state index contributed by atoms with van der Waals surface area (Å²) in [5, 5.41) is 2.93. The minimum Gasteiger partial charge on any atom is -0.325 e. The predicted molar refractivity (Wildman–Crippen MR) is 57.4 cm³/mol. The Kier molecular flexibility index (Phi) is 2.06. The molecule has 1 aromatic carbocycles. The molecule has 1 aliphatic rings. The quantitative estimate of drug-likeness (QED) is 0.723. The van der Waals surface area contributed by atoms with Crippen molar-refractivity contribution in [2.24, 2.45) is 5.92 Å². The van der Waals surface area contributed by atoms with Gasteiger partial charge in [0.25, 0.3) is 0 Å². The molecule has 2 rings (SSSR count). The highest BCUT2D eigenvalue weighted by Gasteiger charge is 2.32. The fourth-order valence-corrected chi connectivity index (χ4v) is 2.06. The maximum atomic E-state index is 11.7. The van der Waals surface area contributed by atoms with E-state index in [1.807, 2.05) is 13.0 Å². The molecule has 2 heteroatoms. The molecule has 0 bridgehead atoms. The first-order chi connectivity index (χ1) is 6.59. The van der Waals surface area contributed by atoms with Crippen LogP contribution in [0.15, 0.2) is 18.2 Å². The lowest BCUT2D eigenvalue weighted by Crippen LogP contribution is -2.16. The van der Waals surface area contributed by atoms with E-state index in [1.54, 1.807) is 0 Å². The van der Waals surface area contributed by atoms with Gasteiger partial charge in [-0.2, -0.15) is 0 Å². The minimum absolute atomic E-state index is 0.0330. The first-order valence-corrected chi connectivity index (χ1v) is 5.01. The van der Waals surface area contributed by atoms with Crippen LogP contribution in [0.2, 0.25) is 0 Å². The van der Waals surface area contributed by atoms with Crippen molar-refractivity contribution in [2.45, 2.75) is 26.7 Å². The molecule has 1 N–H and O–H groups in total. The van der Waals surface area contributed by atoms with Gasteiger partial charge in [0.15, 0.2) is 0 Å². The van der Waals surface area contributed by atoms with Crippen LogP contribution in [0.25, 0.3) is 0 Å². The fourth-order valence-electron chi connectivity index (χ4n) is 2.06. The molecule has 0 saturated heterocycles. The van der Waals surface area contributed by atoms with Gasteiger partial charge >= 0.3 is 0 Å². The van der Waals surface area contributed by atoms with Gasteiger partial charge in [0.2, 0.25) is 5.91 Å². The largest absolute Gasteiger partial charge is 0.325 e. The number of anilines is 1. The molecule has 0 saturated carbocycles. The van der Waals surface area contributed by atoms with Crippen LogP contribution in [0.1, 0.15) is 30.9 Å². The second-order valence-corrected chi connectivity index (χ2v) is 4.30. The number of hydrogen-bond acceptors (Lipinski definition) is 1. The SMILES string of the molecule is Cc1ccc2c(c1)NC(=O)C2C(C)C. The van der Waals surface area contributed by atoms with Crippen LogP contribution in [-0.4, -0.2) is 5.91 Å². The Balaban J connectivity index is 2.48. The van der Waals surface area contributed by atoms with Crippen molar-refractivity contribution in [3.05, 3.63) is 29.3 Å². The van der Waals surface area contributed by atoms with Gasteiger partial charge in [-0.1, -0.05) is 26.0 Å². The highest BCUT2D eigenvalue weighted by atomic mass is 16.2. The average Bonchev–Trinajstić information content (AvgIpc) is 2.39. The average molecular weight is 189 g/mol. The Morgan fingerprint density at radius 1 is 1.36 bits per heavy atom. The molecule has 1 heterocycles. The molecule has 0 fully saturated rings. The van der Waals surface area contributed by atoms with E-state index in [9.17, 15) is 4.79 Å². The third-order valence-electron chi connectivity index (χ3n) is 2.75. The topological polar surface area (TPSA) is 29.1 Å². The van der Waals surface area contributed by atoms with E-state index in [-0.39, 0.29) is 11.8 Å². The number of fused-ring (bicyclic) bond motifs is 1. The number of aryl methyl sites for hydroxylation is 1. The van der Waals surface area contributed by atoms with Gasteiger partial charge in [-0.25, -0.2) is 0 Å². The summed E-state index contributed by atoms with van der Waals surface area (Å²) >= 11 is 0. The maximum absolute atomic E-state index is 11.7. The molecule has 1 aromatic rings. The summed E-state index contributed by atoms with van der Waals surface area (Å²) in [6.07, 6.45) is 0. The van der Waals surface area contributed by atoms with Crippen molar-refractivity contribution in [1.29, 1.82) is 0 Å². The Morgan fingerprint density at radius 3 is 2.71 bits per heavy atom. The zero-order valence-electron chi connectivity index (χ0n) is 8.79. The van der Waals surface area contributed by atoms with E-state index in [0.717, 1.165) is 11.3 Å². The third-order valence-corrected chi connectivity index (χ3v) is 2.75. The molecule has 0 radical (unpaired) electrons. The number of nitrogens with one attached hydrogen (secondary N) is 1. The molecule has 1 atom stereocenters. The number of carbonyl (C=O) groups excluding carboxylic acids is 1. The van der Waals surface area contributed by atoms with Crippen LogP contribution in [0, 0.1) is 12.8 Å². The van der Waals surface area contributed by atoms with Gasteiger partial charge in [-0.15, -0.1) is 0 Å². The predicted octanol–water partition coefficient (Wildman–Crippen LogP) is 2.69. The van der Waals surface area contributed by atoms with Crippen LogP contribution in [-0.2, 0) is 4.79 Å². The third kappa shape index (κ3) is 1.31. The van der Waals surface area contributed by atoms with Gasteiger partial charge in [0.05, 0.1) is 5.92 Å². The van der Waals surface area contributed by atoms with Crippen molar-refractivity contribution >= 4 is 11.6 Å². The first kappa shape index (κ1) is 9.25. The number of benzene rings is 1. The van der Waals surface area contributed by atoms with E-state index in [2.05, 4.69) is 31.3 Å². The number of amides is 1. The molecule has 0 aliphatic carbocycles. The van der Waals surface area contributed by atoms with Crippen LogP contribution >= 0.6 is 0 Å². The molecule has 74 valence electrons. The lowest BCUT2D eigenvalue weighted by Gasteiger charge is -2.12. The van der Waals surface area contributed by atoms with E-state index < -0.39 is 0 Å². The lowest BCUT2D eigenvalue weighted by atomic mass is 9.89. The maximum Gasteiger partial charge on any atom is 0.232 e. The van der Waals surface area contributed by atoms with Gasteiger partial charge in [-0.05, 0) is 30.0 Å². The summed E-state index contributed by atoms with van der Waals surface area (Å²) < 4.78 is 0. The number of hydrogen-bond donors (Lipinski definition) is 1. The first-order valence-electron chi connectivity index (χ1n) is 5.01. The van der Waals surface area contributed by atoms with Gasteiger partial charge in [0.1, 0.15) is 0 Å². The molecule has 0 spiro atoms. The molecule has 1 amide bonds. The van der Waals surface area contributed by atoms with Gasteiger partial charge in [0, 0.05) is 5.69 Å². The summed E-state index contributed by atoms with van der Waals surface area (Å²) in [5.74, 6) is 0.533. The van der Waals surface area contributed by atoms with Crippen LogP contribution in [0.3, 0.4) is 0 Å². The monoisotopic (exact) mass is 189 g/mol. The standard InChI is InChI=1S/C12H15NO/c1-7(2)11-9-5-4-8(3)6-10(9)13-12(11)14/h4-7,11H,1-3H3,(H,13,14). The van der Waals surface area contributed by atoms with Crippen molar-refractivity contribution in [3.8, 4) is 0 Å². The Morgan fingerprint density at radius 2 is 2.07 bits per heavy atom. The summed E-state index contributed by atoms with van der Waals surface area (Å²) in [5.41, 5.74) is 3.33. The van der Waals surface area contributed by atoms with Gasteiger partial charge in [-0.3, -0.25) is 4.79 Å². The smallest absolute Gasteiger partial charge is 0.232 e. The van der Waals surface area contributed by atoms with Crippen molar-refractivity contribution < 1.29 is 4.79 Å². The second kappa shape index (κ2) is 3.12. The Labute approximate surface area is 84.3 Å². The van der Waals surface area contributed by atoms with E-state index >= 15 is 0 Å². The summed E-state index contributed by atoms with van der Waals surface area (Å²) in [4.78, 5) is 11.7. The van der Waals surface area contributed by atoms with Crippen molar-refractivity contribution in [3.63, 3.8) is 0 Å². The minimum atomic E-state index is 0.0330. The van der Waals surface area contributed by atoms with E-state index in [4.69, 9.17) is 0 Å². The molecule has 0 aromatic heterocycles. The lowest BCUT2D eigenvalue weighted by molar-refractivity contribution is -0.117. The normalized spacial score (nSPS) is 19.7. The van der Waals surface area contributed by atoms with E-state index in [1.165, 1.54) is 5.56 Å². The number of rotatable bonds is 1. The Hall–Kier alpha value is -1.31. The molecule has 1 aliphatic heterocycles. The summed E-state index contributed by atoms with van der Waals surface area (Å²) in [6, 6.07) is 6.16. The van der Waals surface area contributed by atoms with Crippen LogP contribution < -0.4 is 5.32 Å². The van der Waals surface area contributed by atoms with Crippen LogP contribution in [0.4, 0.5) is 5.69 Å². The zero-order valence-corrected chi connectivity index (χ0v) is 8.79. The Bertz CT molecular complexity index is 382. The second-order valence-electron chi connectivity index (χ2n) is 4.30. The molecule has 2 nitrogen and oxygen atoms in total. The van der Waals surface area contributed by atoms with Crippen molar-refractivity contribution in [1.82, 2.24) is 0 Å². The fraction of sp³-hybridized carbons (Fsp3) is 0.417. The van der Waals surface area contributed by atoms with Crippen molar-refractivity contribution in [2.75, 3.05) is 5.32 Å². The zero-order chi connectivity index (χ0) is 10.3. The summed E-state index contributed by atoms with van der Waals surface area (Å²) in [7, 11) is 0.